The molecule has 0 aromatic heterocycles. The third-order valence-electron chi connectivity index (χ3n) is 5.16. The molecule has 0 spiro atoms. The van der Waals surface area contributed by atoms with Gasteiger partial charge in [-0.1, -0.05) is 0 Å². The van der Waals surface area contributed by atoms with Crippen molar-refractivity contribution in [2.24, 2.45) is 0 Å². The molecule has 2 heterocycles. The molecule has 0 radical (unpaired) electrons. The lowest BCUT2D eigenvalue weighted by Gasteiger charge is -2.18. The second-order valence-corrected chi connectivity index (χ2v) is 7.42. The van der Waals surface area contributed by atoms with Crippen molar-refractivity contribution in [1.82, 2.24) is 4.90 Å². The summed E-state index contributed by atoms with van der Waals surface area (Å²) >= 11 is 0. The molecule has 10 heteroatoms. The topological polar surface area (TPSA) is 128 Å². The van der Waals surface area contributed by atoms with Crippen LogP contribution >= 0.6 is 0 Å². The van der Waals surface area contributed by atoms with Crippen molar-refractivity contribution < 1.29 is 38.2 Å². The Balaban J connectivity index is 1.24. The number of nitrogens with one attached hydrogen (secondary N) is 1. The summed E-state index contributed by atoms with van der Waals surface area (Å²) in [7, 11) is 1.38. The van der Waals surface area contributed by atoms with Crippen molar-refractivity contribution in [1.29, 1.82) is 0 Å². The van der Waals surface area contributed by atoms with Crippen LogP contribution in [0.2, 0.25) is 0 Å². The molecule has 1 N–H and O–H groups in total. The molecule has 0 fully saturated rings. The van der Waals surface area contributed by atoms with Crippen molar-refractivity contribution in [3.05, 3.63) is 53.1 Å². The van der Waals surface area contributed by atoms with Crippen molar-refractivity contribution in [2.45, 2.75) is 12.8 Å². The molecule has 0 saturated carbocycles. The van der Waals surface area contributed by atoms with Gasteiger partial charge in [0.15, 0.2) is 23.9 Å². The van der Waals surface area contributed by atoms with Gasteiger partial charge in [0.05, 0.1) is 17.5 Å². The standard InChI is InChI=1S/C23H20N2O8/c1-25-22(29)15-4-3-14(11-16(15)23(25)30)24-20(27)12-33-21(28)7-5-17(26)13-2-6-18-19(10-13)32-9-8-31-18/h2-4,6,10-11H,5,7-9,12H2,1H3,(H,24,27). The predicted octanol–water partition coefficient (Wildman–Crippen LogP) is 1.83. The second-order valence-electron chi connectivity index (χ2n) is 7.42. The van der Waals surface area contributed by atoms with E-state index in [-0.39, 0.29) is 29.8 Å². The summed E-state index contributed by atoms with van der Waals surface area (Å²) in [5.74, 6) is -1.41. The highest BCUT2D eigenvalue weighted by Gasteiger charge is 2.32. The predicted molar refractivity (Wildman–Crippen MR) is 113 cm³/mol. The highest BCUT2D eigenvalue weighted by Crippen LogP contribution is 2.31. The van der Waals surface area contributed by atoms with Gasteiger partial charge in [-0.25, -0.2) is 0 Å². The Morgan fingerprint density at radius 1 is 0.939 bits per heavy atom. The van der Waals surface area contributed by atoms with E-state index < -0.39 is 30.3 Å². The number of nitrogens with zero attached hydrogens (tertiary/aromatic N) is 1. The normalized spacial score (nSPS) is 14.0. The van der Waals surface area contributed by atoms with Gasteiger partial charge >= 0.3 is 5.97 Å². The van der Waals surface area contributed by atoms with Crippen LogP contribution in [-0.2, 0) is 14.3 Å². The molecule has 0 bridgehead atoms. The maximum atomic E-state index is 12.3. The van der Waals surface area contributed by atoms with Gasteiger partial charge in [0.25, 0.3) is 17.7 Å². The van der Waals surface area contributed by atoms with Crippen LogP contribution in [0, 0.1) is 0 Å². The minimum atomic E-state index is -0.701. The van der Waals surface area contributed by atoms with Crippen molar-refractivity contribution in [2.75, 3.05) is 32.2 Å². The molecule has 2 aliphatic heterocycles. The molecule has 2 aliphatic rings. The maximum absolute atomic E-state index is 12.3. The monoisotopic (exact) mass is 452 g/mol. The van der Waals surface area contributed by atoms with Gasteiger partial charge in [-0.3, -0.25) is 28.9 Å². The van der Waals surface area contributed by atoms with E-state index in [1.165, 1.54) is 25.2 Å². The number of anilines is 1. The van der Waals surface area contributed by atoms with E-state index >= 15 is 0 Å². The number of ether oxygens (including phenoxy) is 3. The highest BCUT2D eigenvalue weighted by molar-refractivity contribution is 6.21. The zero-order valence-electron chi connectivity index (χ0n) is 17.7. The third kappa shape index (κ3) is 4.69. The van der Waals surface area contributed by atoms with Crippen LogP contribution in [0.15, 0.2) is 36.4 Å². The number of hydrogen-bond acceptors (Lipinski definition) is 8. The number of hydrogen-bond donors (Lipinski definition) is 1. The minimum absolute atomic E-state index is 0.0887. The Kier molecular flexibility index (Phi) is 6.07. The van der Waals surface area contributed by atoms with Gasteiger partial charge in [0.2, 0.25) is 0 Å². The largest absolute Gasteiger partial charge is 0.486 e. The summed E-state index contributed by atoms with van der Waals surface area (Å²) in [4.78, 5) is 61.3. The van der Waals surface area contributed by atoms with E-state index in [1.54, 1.807) is 18.2 Å². The van der Waals surface area contributed by atoms with Crippen LogP contribution < -0.4 is 14.8 Å². The lowest BCUT2D eigenvalue weighted by molar-refractivity contribution is -0.147. The number of esters is 1. The van der Waals surface area contributed by atoms with E-state index in [1.807, 2.05) is 0 Å². The fourth-order valence-electron chi connectivity index (χ4n) is 3.43. The number of ketones is 1. The summed E-state index contributed by atoms with van der Waals surface area (Å²) in [5.41, 5.74) is 1.13. The van der Waals surface area contributed by atoms with Gasteiger partial charge in [-0.2, -0.15) is 0 Å². The van der Waals surface area contributed by atoms with E-state index in [9.17, 15) is 24.0 Å². The van der Waals surface area contributed by atoms with E-state index in [2.05, 4.69) is 5.32 Å². The summed E-state index contributed by atoms with van der Waals surface area (Å²) in [6.45, 7) is 0.290. The first-order valence-corrected chi connectivity index (χ1v) is 10.2. The van der Waals surface area contributed by atoms with E-state index in [0.717, 1.165) is 4.90 Å². The number of rotatable bonds is 7. The SMILES string of the molecule is CN1C(=O)c2ccc(NC(=O)COC(=O)CCC(=O)c3ccc4c(c3)OCCO4)cc2C1=O. The molecule has 2 aromatic carbocycles. The average Bonchev–Trinajstić information content (AvgIpc) is 3.04. The first-order chi connectivity index (χ1) is 15.8. The molecular weight excluding hydrogens is 432 g/mol. The van der Waals surface area contributed by atoms with Crippen LogP contribution in [0.25, 0.3) is 0 Å². The molecule has 3 amide bonds. The summed E-state index contributed by atoms with van der Waals surface area (Å²) in [5, 5.41) is 2.51. The number of carbonyl (C=O) groups excluding carboxylic acids is 5. The molecule has 0 aliphatic carbocycles. The lowest BCUT2D eigenvalue weighted by Crippen LogP contribution is -2.24. The van der Waals surface area contributed by atoms with E-state index in [4.69, 9.17) is 14.2 Å². The fourth-order valence-corrected chi connectivity index (χ4v) is 3.43. The van der Waals surface area contributed by atoms with Crippen molar-refractivity contribution in [3.63, 3.8) is 0 Å². The molecule has 0 saturated heterocycles. The molecule has 170 valence electrons. The third-order valence-corrected chi connectivity index (χ3v) is 5.16. The van der Waals surface area contributed by atoms with Gasteiger partial charge in [0.1, 0.15) is 13.2 Å². The average molecular weight is 452 g/mol. The Bertz CT molecular complexity index is 1170. The quantitative estimate of drug-likeness (QED) is 0.383. The number of imide groups is 1. The zero-order valence-corrected chi connectivity index (χ0v) is 17.7. The van der Waals surface area contributed by atoms with Crippen molar-refractivity contribution in [3.8, 4) is 11.5 Å². The Morgan fingerprint density at radius 3 is 2.45 bits per heavy atom. The summed E-state index contributed by atoms with van der Waals surface area (Å²) in [6.07, 6.45) is -0.281. The van der Waals surface area contributed by atoms with Crippen LogP contribution in [0.3, 0.4) is 0 Å². The molecule has 33 heavy (non-hydrogen) atoms. The second kappa shape index (κ2) is 9.11. The first kappa shape index (κ1) is 22.0. The van der Waals surface area contributed by atoms with E-state index in [0.29, 0.717) is 36.0 Å². The number of fused-ring (bicyclic) bond motifs is 2. The van der Waals surface area contributed by atoms with Crippen molar-refractivity contribution >= 4 is 35.2 Å². The number of benzene rings is 2. The Morgan fingerprint density at radius 2 is 1.67 bits per heavy atom. The highest BCUT2D eigenvalue weighted by atomic mass is 16.6. The maximum Gasteiger partial charge on any atom is 0.306 e. The lowest BCUT2D eigenvalue weighted by atomic mass is 10.1. The molecule has 0 unspecified atom stereocenters. The first-order valence-electron chi connectivity index (χ1n) is 10.2. The fraction of sp³-hybridized carbons (Fsp3) is 0.261. The molecule has 4 rings (SSSR count). The van der Waals surface area contributed by atoms with Gasteiger partial charge in [-0.15, -0.1) is 0 Å². The minimum Gasteiger partial charge on any atom is -0.486 e. The van der Waals surface area contributed by atoms with Gasteiger partial charge in [0, 0.05) is 24.7 Å². The molecule has 2 aromatic rings. The summed E-state index contributed by atoms with van der Waals surface area (Å²) < 4.78 is 15.8. The van der Waals surface area contributed by atoms with Gasteiger partial charge < -0.3 is 19.5 Å². The Labute approximate surface area is 188 Å². The number of amides is 3. The number of carbonyl (C=O) groups is 5. The smallest absolute Gasteiger partial charge is 0.306 e. The van der Waals surface area contributed by atoms with Crippen LogP contribution in [-0.4, -0.2) is 61.2 Å². The van der Waals surface area contributed by atoms with Crippen LogP contribution in [0.5, 0.6) is 11.5 Å². The van der Waals surface area contributed by atoms with Gasteiger partial charge in [-0.05, 0) is 36.4 Å². The molecule has 0 atom stereocenters. The van der Waals surface area contributed by atoms with Crippen LogP contribution in [0.4, 0.5) is 5.69 Å². The molecule has 10 nitrogen and oxygen atoms in total. The summed E-state index contributed by atoms with van der Waals surface area (Å²) in [6, 6.07) is 9.14. The van der Waals surface area contributed by atoms with Crippen LogP contribution in [0.1, 0.15) is 43.9 Å². The number of Topliss-reactive ketones (excluding diaryl/α,β-unsaturated/α-hetero) is 1. The Hall–Kier alpha value is -4.21. The molecular formula is C23H20N2O8. The zero-order chi connectivity index (χ0) is 23.5.